The molecular weight excluding hydrogens is 645 g/mol. The van der Waals surface area contributed by atoms with Gasteiger partial charge in [-0.05, 0) is 76.4 Å². The van der Waals surface area contributed by atoms with Gasteiger partial charge in [-0.1, -0.05) is 29.8 Å². The minimum absolute atomic E-state index is 0.0307. The summed E-state index contributed by atoms with van der Waals surface area (Å²) in [6, 6.07) is 1.96. The normalized spacial score (nSPS) is 26.6. The van der Waals surface area contributed by atoms with E-state index < -0.39 is 9.84 Å². The van der Waals surface area contributed by atoms with Crippen LogP contribution in [0.5, 0.6) is 0 Å². The van der Waals surface area contributed by atoms with Crippen LogP contribution in [0.15, 0.2) is 24.9 Å². The number of anilines is 1. The molecule has 1 N–H and O–H groups in total. The first-order valence-corrected chi connectivity index (χ1v) is 18.9. The molecule has 0 saturated carbocycles. The molecule has 3 aromatic rings. The summed E-state index contributed by atoms with van der Waals surface area (Å²) in [5.74, 6) is 2.66. The molecule has 4 saturated heterocycles. The molecule has 10 nitrogen and oxygen atoms in total. The predicted molar refractivity (Wildman–Crippen MR) is 183 cm³/mol. The average molecular weight is 689 g/mol. The maximum atomic E-state index is 12.3. The number of likely N-dealkylation sites (tertiary alicyclic amines) is 2. The van der Waals surface area contributed by atoms with Crippen LogP contribution >= 0.6 is 23.2 Å². The fourth-order valence-electron chi connectivity index (χ4n) is 8.81. The van der Waals surface area contributed by atoms with Gasteiger partial charge in [-0.25, -0.2) is 8.42 Å². The van der Waals surface area contributed by atoms with E-state index in [4.69, 9.17) is 28.3 Å². The number of amides is 1. The highest BCUT2D eigenvalue weighted by molar-refractivity contribution is 7.91. The second kappa shape index (κ2) is 11.8. The van der Waals surface area contributed by atoms with Crippen molar-refractivity contribution < 1.29 is 13.2 Å². The van der Waals surface area contributed by atoms with Gasteiger partial charge in [0.05, 0.1) is 39.3 Å². The van der Waals surface area contributed by atoms with E-state index in [-0.39, 0.29) is 29.3 Å². The van der Waals surface area contributed by atoms with E-state index in [2.05, 4.69) is 52.0 Å². The van der Waals surface area contributed by atoms with Crippen molar-refractivity contribution in [2.75, 3.05) is 55.7 Å². The fourth-order valence-corrected chi connectivity index (χ4v) is 11.5. The lowest BCUT2D eigenvalue weighted by molar-refractivity contribution is -0.127. The molecule has 13 heteroatoms. The summed E-state index contributed by atoms with van der Waals surface area (Å²) in [7, 11) is -2.87. The molecule has 6 heterocycles. The van der Waals surface area contributed by atoms with E-state index in [1.807, 2.05) is 11.0 Å². The minimum Gasteiger partial charge on any atom is -0.349 e. The van der Waals surface area contributed by atoms with Gasteiger partial charge < -0.3 is 14.7 Å². The lowest BCUT2D eigenvalue weighted by Crippen LogP contribution is -2.52. The molecule has 1 amide bonds. The molecule has 0 unspecified atom stereocenters. The summed E-state index contributed by atoms with van der Waals surface area (Å²) in [4.78, 5) is 19.1. The number of hydrogen-bond acceptors (Lipinski definition) is 7. The fraction of sp³-hybridized carbons (Fsp3) is 0.606. The SMILES string of the molecule is C=CC(=O)N1CCC(n2nc(N3CC[C@@H](CN4C[C@@H]5CS(=O)(=O)C[C@@H]5C4)CC3(C)C)c(-c3c(Cl)c(Cl)cc4[nH]ncc34)c2C)CC1. The molecule has 0 aliphatic carbocycles. The lowest BCUT2D eigenvalue weighted by atomic mass is 9.82. The molecule has 4 fully saturated rings. The van der Waals surface area contributed by atoms with Gasteiger partial charge in [0.2, 0.25) is 5.91 Å². The lowest BCUT2D eigenvalue weighted by Gasteiger charge is -2.47. The first kappa shape index (κ1) is 32.0. The van der Waals surface area contributed by atoms with Crippen molar-refractivity contribution in [1.29, 1.82) is 0 Å². The number of halogens is 2. The van der Waals surface area contributed by atoms with Gasteiger partial charge in [-0.3, -0.25) is 14.6 Å². The molecule has 3 atom stereocenters. The number of piperidine rings is 2. The number of sulfone groups is 1. The Bertz CT molecular complexity index is 1770. The van der Waals surface area contributed by atoms with E-state index in [0.717, 1.165) is 85.4 Å². The second-order valence-corrected chi connectivity index (χ2v) is 17.4. The smallest absolute Gasteiger partial charge is 0.245 e. The molecule has 0 radical (unpaired) electrons. The number of rotatable bonds is 6. The van der Waals surface area contributed by atoms with Crippen molar-refractivity contribution >= 4 is 55.7 Å². The molecule has 46 heavy (non-hydrogen) atoms. The molecule has 4 aliphatic rings. The summed E-state index contributed by atoms with van der Waals surface area (Å²) >= 11 is 13.7. The topological polar surface area (TPSA) is 107 Å². The van der Waals surface area contributed by atoms with E-state index in [0.29, 0.717) is 40.6 Å². The van der Waals surface area contributed by atoms with Crippen molar-refractivity contribution in [1.82, 2.24) is 29.8 Å². The van der Waals surface area contributed by atoms with Crippen molar-refractivity contribution in [3.63, 3.8) is 0 Å². The number of carbonyl (C=O) groups is 1. The van der Waals surface area contributed by atoms with Gasteiger partial charge in [-0.2, -0.15) is 10.2 Å². The van der Waals surface area contributed by atoms with Crippen LogP contribution in [0.1, 0.15) is 51.3 Å². The number of nitrogens with zero attached hydrogens (tertiary/aromatic N) is 6. The molecule has 0 bridgehead atoms. The number of aromatic nitrogens is 4. The quantitative estimate of drug-likeness (QED) is 0.348. The number of fused-ring (bicyclic) bond motifs is 2. The molecule has 1 aromatic carbocycles. The van der Waals surface area contributed by atoms with Gasteiger partial charge in [0.15, 0.2) is 15.7 Å². The van der Waals surface area contributed by atoms with Crippen molar-refractivity contribution in [2.24, 2.45) is 17.8 Å². The molecule has 2 aromatic heterocycles. The Balaban J connectivity index is 1.20. The van der Waals surface area contributed by atoms with Crippen molar-refractivity contribution in [3.05, 3.63) is 40.7 Å². The summed E-state index contributed by atoms with van der Waals surface area (Å²) in [6.45, 7) is 15.3. The maximum Gasteiger partial charge on any atom is 0.245 e. The maximum absolute atomic E-state index is 12.3. The van der Waals surface area contributed by atoms with Crippen LogP contribution in [0.4, 0.5) is 5.82 Å². The zero-order valence-electron chi connectivity index (χ0n) is 26.8. The van der Waals surface area contributed by atoms with E-state index in [1.165, 1.54) is 6.08 Å². The minimum atomic E-state index is -2.87. The van der Waals surface area contributed by atoms with E-state index in [9.17, 15) is 13.2 Å². The average Bonchev–Trinajstić information content (AvgIpc) is 3.75. The summed E-state index contributed by atoms with van der Waals surface area (Å²) in [5, 5.41) is 14.6. The molecule has 248 valence electrons. The third-order valence-electron chi connectivity index (χ3n) is 11.0. The molecule has 4 aliphatic heterocycles. The second-order valence-electron chi connectivity index (χ2n) is 14.5. The number of hydrogen-bond donors (Lipinski definition) is 1. The van der Waals surface area contributed by atoms with Crippen LogP contribution in [-0.4, -0.2) is 100 Å². The van der Waals surface area contributed by atoms with Gasteiger partial charge in [-0.15, -0.1) is 0 Å². The molecule has 0 spiro atoms. The van der Waals surface area contributed by atoms with Crippen LogP contribution in [0.3, 0.4) is 0 Å². The van der Waals surface area contributed by atoms with Crippen LogP contribution < -0.4 is 4.90 Å². The van der Waals surface area contributed by atoms with Crippen molar-refractivity contribution in [2.45, 2.75) is 58.0 Å². The van der Waals surface area contributed by atoms with Crippen molar-refractivity contribution in [3.8, 4) is 11.1 Å². The summed E-state index contributed by atoms with van der Waals surface area (Å²) in [6.07, 6.45) is 6.81. The van der Waals surface area contributed by atoms with Gasteiger partial charge in [0.1, 0.15) is 0 Å². The standard InChI is InChI=1S/C33H43Cl2N7O3S/c1-5-28(43)40-9-7-24(8-10-40)42-20(2)29(30-25-14-36-37-27(25)12-26(34)31(30)35)32(38-42)41-11-6-21(13-33(41,3)4)15-39-16-22-18-46(44,45)19-23(22)17-39/h5,12,14,21-24H,1,6-11,13,15-19H2,2-4H3,(H,36,37)/t21-,22-,23+/m1/s1. The van der Waals surface area contributed by atoms with Gasteiger partial charge in [0.25, 0.3) is 0 Å². The van der Waals surface area contributed by atoms with E-state index >= 15 is 0 Å². The van der Waals surface area contributed by atoms with Crippen LogP contribution in [0.2, 0.25) is 10.0 Å². The summed E-state index contributed by atoms with van der Waals surface area (Å²) < 4.78 is 26.4. The predicted octanol–water partition coefficient (Wildman–Crippen LogP) is 5.36. The number of aromatic amines is 1. The van der Waals surface area contributed by atoms with Crippen LogP contribution in [-0.2, 0) is 14.6 Å². The first-order valence-electron chi connectivity index (χ1n) is 16.4. The zero-order chi connectivity index (χ0) is 32.5. The Morgan fingerprint density at radius 1 is 1.11 bits per heavy atom. The Morgan fingerprint density at radius 3 is 2.46 bits per heavy atom. The largest absolute Gasteiger partial charge is 0.349 e. The highest BCUT2D eigenvalue weighted by Crippen LogP contribution is 2.48. The zero-order valence-corrected chi connectivity index (χ0v) is 29.1. The monoisotopic (exact) mass is 687 g/mol. The third-order valence-corrected chi connectivity index (χ3v) is 13.6. The van der Waals surface area contributed by atoms with Crippen LogP contribution in [0.25, 0.3) is 22.0 Å². The Kier molecular flexibility index (Phi) is 8.22. The highest BCUT2D eigenvalue weighted by Gasteiger charge is 2.45. The number of nitrogens with one attached hydrogen (secondary N) is 1. The van der Waals surface area contributed by atoms with Gasteiger partial charge >= 0.3 is 0 Å². The van der Waals surface area contributed by atoms with Gasteiger partial charge in [0, 0.05) is 67.0 Å². The number of carbonyl (C=O) groups excluding carboxylic acids is 1. The third kappa shape index (κ3) is 5.65. The van der Waals surface area contributed by atoms with E-state index in [1.54, 1.807) is 6.20 Å². The Labute approximate surface area is 281 Å². The molecular formula is C33H43Cl2N7O3S. The van der Waals surface area contributed by atoms with Crippen LogP contribution in [0, 0.1) is 24.7 Å². The summed E-state index contributed by atoms with van der Waals surface area (Å²) in [5.41, 5.74) is 3.46. The Morgan fingerprint density at radius 2 is 1.80 bits per heavy atom. The highest BCUT2D eigenvalue weighted by atomic mass is 35.5. The first-order chi connectivity index (χ1) is 21.8. The molecule has 7 rings (SSSR count). The number of H-pyrrole nitrogens is 1. The Hall–Kier alpha value is -2.60. The number of benzene rings is 1.